The normalized spacial score (nSPS) is 10.2. The van der Waals surface area contributed by atoms with Crippen LogP contribution >= 0.6 is 0 Å². The third kappa shape index (κ3) is 3.38. The molecule has 1 aromatic heterocycles. The molecular formula is C15H20N4O. The Bertz CT molecular complexity index is 554. The number of anilines is 2. The van der Waals surface area contributed by atoms with Crippen LogP contribution in [-0.4, -0.2) is 38.2 Å². The molecule has 0 saturated heterocycles. The zero-order valence-electron chi connectivity index (χ0n) is 12.4. The molecule has 20 heavy (non-hydrogen) atoms. The lowest BCUT2D eigenvalue weighted by Gasteiger charge is -2.19. The van der Waals surface area contributed by atoms with Crippen LogP contribution in [0.15, 0.2) is 36.5 Å². The van der Waals surface area contributed by atoms with E-state index in [0.29, 0.717) is 5.95 Å². The molecular weight excluding hydrogens is 252 g/mol. The van der Waals surface area contributed by atoms with Gasteiger partial charge < -0.3 is 14.5 Å². The number of rotatable bonds is 5. The van der Waals surface area contributed by atoms with E-state index in [4.69, 9.17) is 4.74 Å². The predicted molar refractivity (Wildman–Crippen MR) is 81.5 cm³/mol. The molecule has 0 fully saturated rings. The van der Waals surface area contributed by atoms with Crippen molar-refractivity contribution < 1.29 is 4.74 Å². The Morgan fingerprint density at radius 2 is 1.75 bits per heavy atom. The van der Waals surface area contributed by atoms with Gasteiger partial charge in [0, 0.05) is 33.9 Å². The minimum atomic E-state index is 0.715. The summed E-state index contributed by atoms with van der Waals surface area (Å²) in [5.41, 5.74) is 1.19. The van der Waals surface area contributed by atoms with Crippen molar-refractivity contribution in [2.24, 2.45) is 0 Å². The van der Waals surface area contributed by atoms with Gasteiger partial charge in [0.25, 0.3) is 0 Å². The average Bonchev–Trinajstić information content (AvgIpc) is 2.48. The molecule has 0 unspecified atom stereocenters. The summed E-state index contributed by atoms with van der Waals surface area (Å²) in [5.74, 6) is 2.48. The maximum absolute atomic E-state index is 5.16. The summed E-state index contributed by atoms with van der Waals surface area (Å²) in [4.78, 5) is 12.8. The van der Waals surface area contributed by atoms with Crippen LogP contribution in [0.5, 0.6) is 5.75 Å². The standard InChI is InChI=1S/C15H20N4O/c1-18(2)14-9-10-16-15(17-14)19(3)11-12-5-7-13(20-4)8-6-12/h5-10H,11H2,1-4H3. The SMILES string of the molecule is COc1ccc(CN(C)c2nccc(N(C)C)n2)cc1. The van der Waals surface area contributed by atoms with Crippen molar-refractivity contribution in [1.29, 1.82) is 0 Å². The Kier molecular flexibility index (Phi) is 4.40. The average molecular weight is 272 g/mol. The van der Waals surface area contributed by atoms with Crippen LogP contribution in [0, 0.1) is 0 Å². The van der Waals surface area contributed by atoms with Gasteiger partial charge in [-0.25, -0.2) is 4.98 Å². The van der Waals surface area contributed by atoms with E-state index in [0.717, 1.165) is 18.1 Å². The molecule has 1 aromatic carbocycles. The Hall–Kier alpha value is -2.30. The molecule has 0 aliphatic carbocycles. The summed E-state index contributed by atoms with van der Waals surface area (Å²) in [5, 5.41) is 0. The molecule has 0 N–H and O–H groups in total. The third-order valence-electron chi connectivity index (χ3n) is 3.01. The Morgan fingerprint density at radius 1 is 1.05 bits per heavy atom. The highest BCUT2D eigenvalue weighted by atomic mass is 16.5. The van der Waals surface area contributed by atoms with Gasteiger partial charge in [-0.3, -0.25) is 0 Å². The minimum Gasteiger partial charge on any atom is -0.497 e. The highest BCUT2D eigenvalue weighted by molar-refractivity contribution is 5.42. The number of ether oxygens (including phenoxy) is 1. The number of aromatic nitrogens is 2. The minimum absolute atomic E-state index is 0.715. The molecule has 2 aromatic rings. The Balaban J connectivity index is 2.10. The molecule has 0 amide bonds. The number of benzene rings is 1. The second-order valence-electron chi connectivity index (χ2n) is 4.81. The van der Waals surface area contributed by atoms with Gasteiger partial charge in [0.15, 0.2) is 0 Å². The molecule has 0 aliphatic rings. The molecule has 5 heteroatoms. The van der Waals surface area contributed by atoms with Crippen LogP contribution in [0.4, 0.5) is 11.8 Å². The second kappa shape index (κ2) is 6.23. The van der Waals surface area contributed by atoms with E-state index in [2.05, 4.69) is 9.97 Å². The smallest absolute Gasteiger partial charge is 0.227 e. The van der Waals surface area contributed by atoms with Gasteiger partial charge in [0.05, 0.1) is 7.11 Å². The molecule has 5 nitrogen and oxygen atoms in total. The summed E-state index contributed by atoms with van der Waals surface area (Å²) >= 11 is 0. The number of nitrogens with zero attached hydrogens (tertiary/aromatic N) is 4. The molecule has 0 aliphatic heterocycles. The number of hydrogen-bond acceptors (Lipinski definition) is 5. The molecule has 2 rings (SSSR count). The summed E-state index contributed by atoms with van der Waals surface area (Å²) in [7, 11) is 7.59. The summed E-state index contributed by atoms with van der Waals surface area (Å²) in [6.07, 6.45) is 1.78. The monoisotopic (exact) mass is 272 g/mol. The summed E-state index contributed by atoms with van der Waals surface area (Å²) in [6.45, 7) is 0.751. The Morgan fingerprint density at radius 3 is 2.35 bits per heavy atom. The van der Waals surface area contributed by atoms with Crippen molar-refractivity contribution in [2.75, 3.05) is 38.1 Å². The first-order valence-electron chi connectivity index (χ1n) is 6.44. The quantitative estimate of drug-likeness (QED) is 0.834. The first-order chi connectivity index (χ1) is 9.60. The summed E-state index contributed by atoms with van der Waals surface area (Å²) in [6, 6.07) is 9.90. The molecule has 106 valence electrons. The van der Waals surface area contributed by atoms with Crippen molar-refractivity contribution in [3.63, 3.8) is 0 Å². The number of hydrogen-bond donors (Lipinski definition) is 0. The van der Waals surface area contributed by atoms with Crippen LogP contribution in [0.1, 0.15) is 5.56 Å². The highest BCUT2D eigenvalue weighted by Gasteiger charge is 2.07. The van der Waals surface area contributed by atoms with Gasteiger partial charge in [-0.2, -0.15) is 4.98 Å². The number of methoxy groups -OCH3 is 1. The maximum Gasteiger partial charge on any atom is 0.227 e. The first-order valence-corrected chi connectivity index (χ1v) is 6.44. The van der Waals surface area contributed by atoms with Gasteiger partial charge in [-0.05, 0) is 23.8 Å². The molecule has 0 radical (unpaired) electrons. The van der Waals surface area contributed by atoms with Crippen molar-refractivity contribution in [1.82, 2.24) is 9.97 Å². The van der Waals surface area contributed by atoms with Crippen LogP contribution in [0.3, 0.4) is 0 Å². The lowest BCUT2D eigenvalue weighted by atomic mass is 10.2. The third-order valence-corrected chi connectivity index (χ3v) is 3.01. The van der Waals surface area contributed by atoms with Crippen molar-refractivity contribution in [2.45, 2.75) is 6.54 Å². The lowest BCUT2D eigenvalue weighted by Crippen LogP contribution is -2.20. The van der Waals surface area contributed by atoms with E-state index in [9.17, 15) is 0 Å². The van der Waals surface area contributed by atoms with Gasteiger partial charge in [-0.1, -0.05) is 12.1 Å². The van der Waals surface area contributed by atoms with Gasteiger partial charge in [0.1, 0.15) is 11.6 Å². The van der Waals surface area contributed by atoms with Crippen LogP contribution in [-0.2, 0) is 6.54 Å². The van der Waals surface area contributed by atoms with E-state index < -0.39 is 0 Å². The van der Waals surface area contributed by atoms with Crippen molar-refractivity contribution in [3.8, 4) is 5.75 Å². The van der Waals surface area contributed by atoms with E-state index in [1.807, 2.05) is 61.3 Å². The van der Waals surface area contributed by atoms with Gasteiger partial charge in [0.2, 0.25) is 5.95 Å². The second-order valence-corrected chi connectivity index (χ2v) is 4.81. The van der Waals surface area contributed by atoms with Crippen LogP contribution < -0.4 is 14.5 Å². The predicted octanol–water partition coefficient (Wildman–Crippen LogP) is 2.19. The van der Waals surface area contributed by atoms with E-state index in [1.54, 1.807) is 13.3 Å². The topological polar surface area (TPSA) is 41.5 Å². The molecule has 1 heterocycles. The molecule has 0 atom stereocenters. The van der Waals surface area contributed by atoms with Crippen LogP contribution in [0.25, 0.3) is 0 Å². The van der Waals surface area contributed by atoms with Crippen molar-refractivity contribution in [3.05, 3.63) is 42.1 Å². The Labute approximate surface area is 119 Å². The molecule has 0 bridgehead atoms. The zero-order valence-corrected chi connectivity index (χ0v) is 12.4. The van der Waals surface area contributed by atoms with E-state index in [-0.39, 0.29) is 0 Å². The van der Waals surface area contributed by atoms with Gasteiger partial charge >= 0.3 is 0 Å². The fourth-order valence-corrected chi connectivity index (χ4v) is 1.85. The van der Waals surface area contributed by atoms with Crippen molar-refractivity contribution >= 4 is 11.8 Å². The first kappa shape index (κ1) is 14.1. The molecule has 0 spiro atoms. The molecule has 0 saturated carbocycles. The highest BCUT2D eigenvalue weighted by Crippen LogP contribution is 2.16. The fraction of sp³-hybridized carbons (Fsp3) is 0.333. The zero-order chi connectivity index (χ0) is 14.5. The summed E-state index contributed by atoms with van der Waals surface area (Å²) < 4.78 is 5.16. The lowest BCUT2D eigenvalue weighted by molar-refractivity contribution is 0.414. The van der Waals surface area contributed by atoms with Gasteiger partial charge in [-0.15, -0.1) is 0 Å². The van der Waals surface area contributed by atoms with E-state index in [1.165, 1.54) is 5.56 Å². The maximum atomic E-state index is 5.16. The largest absolute Gasteiger partial charge is 0.497 e. The fourth-order valence-electron chi connectivity index (χ4n) is 1.85. The van der Waals surface area contributed by atoms with Crippen LogP contribution in [0.2, 0.25) is 0 Å². The van der Waals surface area contributed by atoms with E-state index >= 15 is 0 Å².